The predicted octanol–water partition coefficient (Wildman–Crippen LogP) is 1.33. The number of aryl methyl sites for hydroxylation is 2. The summed E-state index contributed by atoms with van der Waals surface area (Å²) in [6, 6.07) is 0. The van der Waals surface area contributed by atoms with Gasteiger partial charge >= 0.3 is 0 Å². The fourth-order valence-electron chi connectivity index (χ4n) is 1.46. The second kappa shape index (κ2) is 4.82. The van der Waals surface area contributed by atoms with Gasteiger partial charge in [-0.3, -0.25) is 4.68 Å². The number of amidine groups is 1. The molecule has 0 radical (unpaired) electrons. The molecule has 0 aliphatic heterocycles. The van der Waals surface area contributed by atoms with Gasteiger partial charge in [0.15, 0.2) is 0 Å². The van der Waals surface area contributed by atoms with E-state index in [4.69, 9.17) is 10.9 Å². The van der Waals surface area contributed by atoms with E-state index in [0.29, 0.717) is 6.42 Å². The van der Waals surface area contributed by atoms with Crippen molar-refractivity contribution in [1.82, 2.24) is 9.78 Å². The molecule has 0 saturated carbocycles. The third-order valence-electron chi connectivity index (χ3n) is 2.67. The molecular formula is C10H18N4O. The first-order chi connectivity index (χ1) is 7.06. The molecule has 0 bridgehead atoms. The highest BCUT2D eigenvalue weighted by Gasteiger charge is 2.06. The zero-order valence-corrected chi connectivity index (χ0v) is 9.49. The number of aromatic nitrogens is 2. The molecule has 5 heteroatoms. The Labute approximate surface area is 89.6 Å². The second-order valence-electron chi connectivity index (χ2n) is 3.71. The van der Waals surface area contributed by atoms with Crippen LogP contribution >= 0.6 is 0 Å². The van der Waals surface area contributed by atoms with Crippen molar-refractivity contribution in [1.29, 1.82) is 0 Å². The monoisotopic (exact) mass is 210 g/mol. The van der Waals surface area contributed by atoms with Crippen LogP contribution in [0.3, 0.4) is 0 Å². The highest BCUT2D eigenvalue weighted by molar-refractivity contribution is 5.79. The molecule has 1 aromatic heterocycles. The summed E-state index contributed by atoms with van der Waals surface area (Å²) < 4.78 is 1.97. The summed E-state index contributed by atoms with van der Waals surface area (Å²) in [5.74, 6) is 0.272. The third-order valence-corrected chi connectivity index (χ3v) is 2.67. The highest BCUT2D eigenvalue weighted by Crippen LogP contribution is 2.11. The molecular weight excluding hydrogens is 192 g/mol. The molecule has 3 N–H and O–H groups in total. The maximum absolute atomic E-state index is 8.38. The van der Waals surface area contributed by atoms with E-state index in [2.05, 4.69) is 24.1 Å². The quantitative estimate of drug-likeness (QED) is 0.341. The molecule has 0 unspecified atom stereocenters. The molecule has 1 aromatic rings. The Morgan fingerprint density at radius 3 is 2.60 bits per heavy atom. The number of nitrogens with two attached hydrogens (primary N) is 1. The van der Waals surface area contributed by atoms with Crippen molar-refractivity contribution in [3.8, 4) is 0 Å². The lowest BCUT2D eigenvalue weighted by molar-refractivity contribution is 0.316. The summed E-state index contributed by atoms with van der Waals surface area (Å²) in [4.78, 5) is 0. The lowest BCUT2D eigenvalue weighted by Crippen LogP contribution is -2.13. The molecule has 0 aliphatic carbocycles. The number of oxime groups is 1. The molecule has 0 aromatic carbocycles. The van der Waals surface area contributed by atoms with E-state index in [-0.39, 0.29) is 5.84 Å². The van der Waals surface area contributed by atoms with E-state index >= 15 is 0 Å². The largest absolute Gasteiger partial charge is 0.409 e. The summed E-state index contributed by atoms with van der Waals surface area (Å²) in [7, 11) is 0. The number of hydrogen-bond acceptors (Lipinski definition) is 3. The fraction of sp³-hybridized carbons (Fsp3) is 0.600. The van der Waals surface area contributed by atoms with Crippen molar-refractivity contribution in [3.63, 3.8) is 0 Å². The maximum Gasteiger partial charge on any atom is 0.139 e. The first-order valence-electron chi connectivity index (χ1n) is 5.03. The Kier molecular flexibility index (Phi) is 3.71. The van der Waals surface area contributed by atoms with E-state index in [1.807, 2.05) is 11.6 Å². The Balaban J connectivity index is 2.55. The van der Waals surface area contributed by atoms with Gasteiger partial charge in [-0.1, -0.05) is 5.16 Å². The van der Waals surface area contributed by atoms with Gasteiger partial charge in [0.25, 0.3) is 0 Å². The van der Waals surface area contributed by atoms with Crippen LogP contribution < -0.4 is 5.73 Å². The molecule has 0 spiro atoms. The van der Waals surface area contributed by atoms with Crippen LogP contribution in [0.1, 0.15) is 29.8 Å². The average molecular weight is 210 g/mol. The molecule has 15 heavy (non-hydrogen) atoms. The van der Waals surface area contributed by atoms with Gasteiger partial charge in [0.1, 0.15) is 5.84 Å². The minimum Gasteiger partial charge on any atom is -0.409 e. The molecule has 0 fully saturated rings. The first-order valence-corrected chi connectivity index (χ1v) is 5.03. The summed E-state index contributed by atoms with van der Waals surface area (Å²) in [6.07, 6.45) is 1.42. The van der Waals surface area contributed by atoms with E-state index in [9.17, 15) is 0 Å². The van der Waals surface area contributed by atoms with Crippen LogP contribution in [0.5, 0.6) is 0 Å². The third kappa shape index (κ3) is 2.71. The second-order valence-corrected chi connectivity index (χ2v) is 3.71. The fourth-order valence-corrected chi connectivity index (χ4v) is 1.46. The van der Waals surface area contributed by atoms with Crippen LogP contribution in [-0.4, -0.2) is 20.8 Å². The van der Waals surface area contributed by atoms with Crippen LogP contribution in [0.25, 0.3) is 0 Å². The molecule has 1 rings (SSSR count). The van der Waals surface area contributed by atoms with Gasteiger partial charge in [-0.25, -0.2) is 0 Å². The van der Waals surface area contributed by atoms with Crippen molar-refractivity contribution >= 4 is 5.84 Å². The van der Waals surface area contributed by atoms with Crippen LogP contribution in [-0.2, 0) is 6.54 Å². The van der Waals surface area contributed by atoms with E-state index < -0.39 is 0 Å². The van der Waals surface area contributed by atoms with Gasteiger partial charge in [0.2, 0.25) is 0 Å². The van der Waals surface area contributed by atoms with E-state index in [1.165, 1.54) is 11.3 Å². The van der Waals surface area contributed by atoms with Gasteiger partial charge in [-0.05, 0) is 32.8 Å². The predicted molar refractivity (Wildman–Crippen MR) is 59.1 cm³/mol. The SMILES string of the molecule is Cc1nn(CCC/C(N)=N/O)c(C)c1C. The maximum atomic E-state index is 8.38. The Bertz CT molecular complexity index is 368. The van der Waals surface area contributed by atoms with Gasteiger partial charge in [-0.15, -0.1) is 0 Å². The standard InChI is InChI=1S/C10H18N4O/c1-7-8(2)12-14(9(7)3)6-4-5-10(11)13-15/h15H,4-6H2,1-3H3,(H2,11,13). The minimum absolute atomic E-state index is 0.272. The Morgan fingerprint density at radius 1 is 1.47 bits per heavy atom. The van der Waals surface area contributed by atoms with Crippen LogP contribution in [0.15, 0.2) is 5.16 Å². The average Bonchev–Trinajstić information content (AvgIpc) is 2.46. The molecule has 0 saturated heterocycles. The van der Waals surface area contributed by atoms with Crippen molar-refractivity contribution in [2.75, 3.05) is 0 Å². The summed E-state index contributed by atoms with van der Waals surface area (Å²) in [5.41, 5.74) is 8.87. The molecule has 1 heterocycles. The smallest absolute Gasteiger partial charge is 0.139 e. The van der Waals surface area contributed by atoms with Gasteiger partial charge in [0.05, 0.1) is 5.69 Å². The Hall–Kier alpha value is -1.52. The Morgan fingerprint density at radius 2 is 2.13 bits per heavy atom. The van der Waals surface area contributed by atoms with Gasteiger partial charge < -0.3 is 10.9 Å². The number of nitrogens with zero attached hydrogens (tertiary/aromatic N) is 3. The first kappa shape index (κ1) is 11.6. The molecule has 5 nitrogen and oxygen atoms in total. The van der Waals surface area contributed by atoms with Crippen molar-refractivity contribution in [3.05, 3.63) is 17.0 Å². The van der Waals surface area contributed by atoms with Crippen LogP contribution in [0.2, 0.25) is 0 Å². The normalized spacial score (nSPS) is 12.1. The van der Waals surface area contributed by atoms with Gasteiger partial charge in [-0.2, -0.15) is 5.10 Å². The van der Waals surface area contributed by atoms with Crippen molar-refractivity contribution in [2.45, 2.75) is 40.2 Å². The number of rotatable bonds is 4. The lowest BCUT2D eigenvalue weighted by Gasteiger charge is -2.03. The van der Waals surface area contributed by atoms with E-state index in [0.717, 1.165) is 18.7 Å². The minimum atomic E-state index is 0.272. The van der Waals surface area contributed by atoms with Crippen LogP contribution in [0.4, 0.5) is 0 Å². The zero-order chi connectivity index (χ0) is 11.4. The molecule has 0 atom stereocenters. The van der Waals surface area contributed by atoms with Crippen LogP contribution in [0, 0.1) is 20.8 Å². The lowest BCUT2D eigenvalue weighted by atomic mass is 10.2. The zero-order valence-electron chi connectivity index (χ0n) is 9.49. The van der Waals surface area contributed by atoms with E-state index in [1.54, 1.807) is 0 Å². The highest BCUT2D eigenvalue weighted by atomic mass is 16.4. The topological polar surface area (TPSA) is 76.4 Å². The van der Waals surface area contributed by atoms with Gasteiger partial charge in [0, 0.05) is 18.7 Å². The summed E-state index contributed by atoms with van der Waals surface area (Å²) >= 11 is 0. The summed E-state index contributed by atoms with van der Waals surface area (Å²) in [5, 5.41) is 15.7. The van der Waals surface area contributed by atoms with Crippen molar-refractivity contribution in [2.24, 2.45) is 10.9 Å². The summed E-state index contributed by atoms with van der Waals surface area (Å²) in [6.45, 7) is 6.93. The molecule has 84 valence electrons. The molecule has 0 amide bonds. The number of hydrogen-bond donors (Lipinski definition) is 2. The molecule has 0 aliphatic rings. The van der Waals surface area contributed by atoms with Crippen molar-refractivity contribution < 1.29 is 5.21 Å².